The Labute approximate surface area is 209 Å². The largest absolute Gasteiger partial charge is 0.492 e. The molecule has 4 heterocycles. The van der Waals surface area contributed by atoms with Crippen molar-refractivity contribution in [3.05, 3.63) is 62.9 Å². The zero-order chi connectivity index (χ0) is 24.4. The van der Waals surface area contributed by atoms with Crippen molar-refractivity contribution in [2.75, 3.05) is 46.9 Å². The molecule has 0 N–H and O–H groups in total. The molecular weight excluding hydrogens is 462 g/mol. The van der Waals surface area contributed by atoms with E-state index in [-0.39, 0.29) is 5.56 Å². The highest BCUT2D eigenvalue weighted by Gasteiger charge is 2.27. The number of piperidine rings is 1. The molecule has 0 amide bonds. The highest BCUT2D eigenvalue weighted by atomic mass is 32.1. The zero-order valence-corrected chi connectivity index (χ0v) is 21.3. The summed E-state index contributed by atoms with van der Waals surface area (Å²) in [6.07, 6.45) is 2.82. The quantitative estimate of drug-likeness (QED) is 0.487. The maximum atomic E-state index is 13.1. The van der Waals surface area contributed by atoms with Crippen molar-refractivity contribution in [1.29, 1.82) is 0 Å². The lowest BCUT2D eigenvalue weighted by Gasteiger charge is -2.29. The van der Waals surface area contributed by atoms with E-state index in [4.69, 9.17) is 9.47 Å². The van der Waals surface area contributed by atoms with Crippen molar-refractivity contribution in [3.8, 4) is 5.75 Å². The Hall–Kier alpha value is -2.68. The van der Waals surface area contributed by atoms with Crippen molar-refractivity contribution in [1.82, 2.24) is 14.4 Å². The van der Waals surface area contributed by atoms with Crippen LogP contribution in [-0.2, 0) is 24.2 Å². The number of pyridine rings is 1. The van der Waals surface area contributed by atoms with Crippen LogP contribution in [0, 0.1) is 5.92 Å². The molecule has 35 heavy (non-hydrogen) atoms. The fourth-order valence-electron chi connectivity index (χ4n) is 5.34. The van der Waals surface area contributed by atoms with Gasteiger partial charge in [0.25, 0.3) is 5.56 Å². The summed E-state index contributed by atoms with van der Waals surface area (Å²) >= 11 is 1.81. The number of methoxy groups -OCH3 is 1. The van der Waals surface area contributed by atoms with E-state index in [9.17, 15) is 9.59 Å². The van der Waals surface area contributed by atoms with Gasteiger partial charge >= 0.3 is 5.97 Å². The second kappa shape index (κ2) is 10.5. The van der Waals surface area contributed by atoms with Gasteiger partial charge in [0.15, 0.2) is 0 Å². The topological polar surface area (TPSA) is 64.0 Å². The summed E-state index contributed by atoms with van der Waals surface area (Å²) in [6.45, 7) is 5.43. The minimum atomic E-state index is -0.442. The number of carbonyl (C=O) groups excluding carboxylic acids is 1. The Morgan fingerprint density at radius 2 is 2.00 bits per heavy atom. The molecule has 5 rings (SSSR count). The maximum Gasteiger partial charge on any atom is 0.343 e. The minimum Gasteiger partial charge on any atom is -0.492 e. The molecule has 7 nitrogen and oxygen atoms in total. The van der Waals surface area contributed by atoms with Crippen LogP contribution >= 0.6 is 11.3 Å². The first-order chi connectivity index (χ1) is 17.0. The van der Waals surface area contributed by atoms with Crippen LogP contribution in [0.5, 0.6) is 5.75 Å². The number of esters is 1. The van der Waals surface area contributed by atoms with Gasteiger partial charge in [-0.1, -0.05) is 18.2 Å². The van der Waals surface area contributed by atoms with Gasteiger partial charge in [-0.3, -0.25) is 9.69 Å². The van der Waals surface area contributed by atoms with Crippen LogP contribution in [0.25, 0.3) is 10.1 Å². The highest BCUT2D eigenvalue weighted by Crippen LogP contribution is 2.28. The number of hydrogen-bond donors (Lipinski definition) is 0. The molecule has 0 aliphatic carbocycles. The molecule has 0 radical (unpaired) electrons. The van der Waals surface area contributed by atoms with Gasteiger partial charge in [0.1, 0.15) is 11.3 Å². The minimum absolute atomic E-state index is 0.118. The summed E-state index contributed by atoms with van der Waals surface area (Å²) in [5, 5.41) is 1.26. The summed E-state index contributed by atoms with van der Waals surface area (Å²) in [7, 11) is 3.50. The number of rotatable bonds is 6. The first-order valence-corrected chi connectivity index (χ1v) is 13.2. The number of nitrogens with zero attached hydrogens (tertiary/aromatic N) is 3. The predicted octanol–water partition coefficient (Wildman–Crippen LogP) is 3.63. The van der Waals surface area contributed by atoms with Crippen molar-refractivity contribution in [2.24, 2.45) is 5.92 Å². The molecule has 8 heteroatoms. The molecule has 186 valence electrons. The average molecular weight is 496 g/mol. The SMILES string of the molecule is COC(=O)c1c(OCC2CCCN(C)C2)cc(=O)n2c1CCN(Cc1cc3ccccc3s1)CC2. The molecule has 2 aliphatic heterocycles. The second-order valence-corrected chi connectivity index (χ2v) is 10.8. The predicted molar refractivity (Wildman–Crippen MR) is 139 cm³/mol. The van der Waals surface area contributed by atoms with Crippen LogP contribution in [0.1, 0.15) is 33.8 Å². The highest BCUT2D eigenvalue weighted by molar-refractivity contribution is 7.19. The molecule has 1 aromatic carbocycles. The van der Waals surface area contributed by atoms with E-state index in [1.165, 1.54) is 28.1 Å². The average Bonchev–Trinajstić information content (AvgIpc) is 3.15. The fourth-order valence-corrected chi connectivity index (χ4v) is 6.45. The Kier molecular flexibility index (Phi) is 7.22. The van der Waals surface area contributed by atoms with Gasteiger partial charge < -0.3 is 18.9 Å². The Morgan fingerprint density at radius 3 is 2.80 bits per heavy atom. The maximum absolute atomic E-state index is 13.1. The lowest BCUT2D eigenvalue weighted by atomic mass is 9.99. The Balaban J connectivity index is 1.36. The van der Waals surface area contributed by atoms with Gasteiger partial charge in [-0.05, 0) is 44.0 Å². The molecule has 3 aromatic rings. The van der Waals surface area contributed by atoms with Crippen molar-refractivity contribution in [3.63, 3.8) is 0 Å². The smallest absolute Gasteiger partial charge is 0.343 e. The molecule has 1 fully saturated rings. The van der Waals surface area contributed by atoms with E-state index in [1.807, 2.05) is 11.3 Å². The van der Waals surface area contributed by atoms with Crippen LogP contribution < -0.4 is 10.3 Å². The summed E-state index contributed by atoms with van der Waals surface area (Å²) < 4.78 is 14.3. The molecule has 0 saturated carbocycles. The number of aromatic nitrogens is 1. The number of thiophene rings is 1. The van der Waals surface area contributed by atoms with E-state index >= 15 is 0 Å². The van der Waals surface area contributed by atoms with Crippen molar-refractivity contribution in [2.45, 2.75) is 32.4 Å². The third-order valence-corrected chi connectivity index (χ3v) is 8.23. The van der Waals surface area contributed by atoms with Gasteiger partial charge in [0, 0.05) is 66.4 Å². The Bertz CT molecular complexity index is 1230. The third-order valence-electron chi connectivity index (χ3n) is 7.13. The number of hydrogen-bond acceptors (Lipinski definition) is 7. The lowest BCUT2D eigenvalue weighted by Crippen LogP contribution is -2.35. The second-order valence-electron chi connectivity index (χ2n) is 9.67. The number of fused-ring (bicyclic) bond motifs is 2. The first-order valence-electron chi connectivity index (χ1n) is 12.4. The first kappa shape index (κ1) is 24.0. The third kappa shape index (κ3) is 5.29. The van der Waals surface area contributed by atoms with Crippen LogP contribution in [0.4, 0.5) is 0 Å². The number of likely N-dealkylation sites (tertiary alicyclic amines) is 1. The van der Waals surface area contributed by atoms with E-state index in [0.717, 1.165) is 51.3 Å². The molecule has 0 spiro atoms. The molecule has 1 atom stereocenters. The summed E-state index contributed by atoms with van der Waals surface area (Å²) in [5.74, 6) is 0.305. The van der Waals surface area contributed by atoms with Gasteiger partial charge in [0.05, 0.1) is 13.7 Å². The van der Waals surface area contributed by atoms with Crippen molar-refractivity contribution < 1.29 is 14.3 Å². The number of benzene rings is 1. The van der Waals surface area contributed by atoms with E-state index in [1.54, 1.807) is 4.57 Å². The van der Waals surface area contributed by atoms with Gasteiger partial charge in [-0.15, -0.1) is 11.3 Å². The lowest BCUT2D eigenvalue weighted by molar-refractivity contribution is 0.0590. The molecular formula is C27H33N3O4S. The van der Waals surface area contributed by atoms with Crippen molar-refractivity contribution >= 4 is 27.4 Å². The number of ether oxygens (including phenoxy) is 2. The van der Waals surface area contributed by atoms with Crippen LogP contribution in [-0.4, -0.2) is 67.3 Å². The van der Waals surface area contributed by atoms with Crippen LogP contribution in [0.2, 0.25) is 0 Å². The van der Waals surface area contributed by atoms with E-state index in [2.05, 4.69) is 47.2 Å². The fraction of sp³-hybridized carbons (Fsp3) is 0.481. The molecule has 2 aromatic heterocycles. The molecule has 2 aliphatic rings. The zero-order valence-electron chi connectivity index (χ0n) is 20.5. The van der Waals surface area contributed by atoms with Gasteiger partial charge in [-0.2, -0.15) is 0 Å². The summed E-state index contributed by atoms with van der Waals surface area (Å²) in [5.41, 5.74) is 1.01. The molecule has 1 unspecified atom stereocenters. The summed E-state index contributed by atoms with van der Waals surface area (Å²) in [6, 6.07) is 12.1. The number of carbonyl (C=O) groups is 1. The van der Waals surface area contributed by atoms with Crippen LogP contribution in [0.3, 0.4) is 0 Å². The van der Waals surface area contributed by atoms with E-state index < -0.39 is 5.97 Å². The Morgan fingerprint density at radius 1 is 1.14 bits per heavy atom. The molecule has 0 bridgehead atoms. The normalized spacial score (nSPS) is 19.3. The van der Waals surface area contributed by atoms with E-state index in [0.29, 0.717) is 36.8 Å². The molecule has 1 saturated heterocycles. The van der Waals surface area contributed by atoms with Gasteiger partial charge in [-0.25, -0.2) is 4.79 Å². The van der Waals surface area contributed by atoms with Gasteiger partial charge in [0.2, 0.25) is 0 Å². The summed E-state index contributed by atoms with van der Waals surface area (Å²) in [4.78, 5) is 31.9. The monoisotopic (exact) mass is 495 g/mol. The standard InChI is InChI=1S/C27H33N3O4S/c1-28-10-5-6-19(16-28)18-34-23-15-25(31)30-13-12-29(11-9-22(30)26(23)27(32)33-2)17-21-14-20-7-3-4-8-24(20)35-21/h3-4,7-8,14-15,19H,5-6,9-13,16-18H2,1-2H3. The van der Waals surface area contributed by atoms with Crippen LogP contribution in [0.15, 0.2) is 41.2 Å².